The van der Waals surface area contributed by atoms with Crippen molar-refractivity contribution >= 4 is 11.8 Å². The second-order valence-corrected chi connectivity index (χ2v) is 7.22. The summed E-state index contributed by atoms with van der Waals surface area (Å²) in [6, 6.07) is 18.1. The molecule has 0 aliphatic heterocycles. The van der Waals surface area contributed by atoms with Crippen molar-refractivity contribution in [2.24, 2.45) is 0 Å². The molecule has 0 aliphatic carbocycles. The van der Waals surface area contributed by atoms with Gasteiger partial charge in [-0.2, -0.15) is 0 Å². The van der Waals surface area contributed by atoms with E-state index in [-0.39, 0.29) is 18.3 Å². The number of carbonyl (C=O) groups excluding carboxylic acids is 2. The lowest BCUT2D eigenvalue weighted by atomic mass is 10.1. The van der Waals surface area contributed by atoms with Crippen molar-refractivity contribution in [2.75, 3.05) is 0 Å². The summed E-state index contributed by atoms with van der Waals surface area (Å²) in [4.78, 5) is 24.6. The number of aryl methyl sites for hydroxylation is 2. The Labute approximate surface area is 176 Å². The Morgan fingerprint density at radius 1 is 1.03 bits per heavy atom. The van der Waals surface area contributed by atoms with Crippen LogP contribution in [0.3, 0.4) is 0 Å². The average Bonchev–Trinajstić information content (AvgIpc) is 3.21. The van der Waals surface area contributed by atoms with E-state index >= 15 is 0 Å². The molecule has 1 unspecified atom stereocenters. The van der Waals surface area contributed by atoms with Gasteiger partial charge in [0, 0.05) is 6.54 Å². The van der Waals surface area contributed by atoms with Gasteiger partial charge in [0.25, 0.3) is 5.91 Å². The molecule has 0 spiro atoms. The molecule has 2 amide bonds. The second kappa shape index (κ2) is 9.78. The lowest BCUT2D eigenvalue weighted by molar-refractivity contribution is -0.122. The van der Waals surface area contributed by atoms with Gasteiger partial charge in [-0.3, -0.25) is 9.59 Å². The molecule has 30 heavy (non-hydrogen) atoms. The summed E-state index contributed by atoms with van der Waals surface area (Å²) in [5, 5.41) is 5.45. The molecule has 0 bridgehead atoms. The van der Waals surface area contributed by atoms with Crippen molar-refractivity contribution in [3.05, 3.63) is 88.9 Å². The molecule has 156 valence electrons. The first-order valence-electron chi connectivity index (χ1n) is 9.83. The SMILES string of the molecule is Cc1ccc(OCc2ccc(C(=O)NC(C)C(=O)NCc3ccccc3)o2)c(C)c1. The topological polar surface area (TPSA) is 80.6 Å². The van der Waals surface area contributed by atoms with Gasteiger partial charge in [-0.25, -0.2) is 0 Å². The maximum Gasteiger partial charge on any atom is 0.287 e. The van der Waals surface area contributed by atoms with Crippen LogP contribution in [0.5, 0.6) is 5.75 Å². The Balaban J connectivity index is 1.49. The summed E-state index contributed by atoms with van der Waals surface area (Å²) in [5.74, 6) is 0.720. The van der Waals surface area contributed by atoms with Gasteiger partial charge < -0.3 is 19.8 Å². The van der Waals surface area contributed by atoms with Crippen molar-refractivity contribution in [2.45, 2.75) is 40.0 Å². The lowest BCUT2D eigenvalue weighted by Crippen LogP contribution is -2.44. The highest BCUT2D eigenvalue weighted by Gasteiger charge is 2.19. The number of nitrogens with one attached hydrogen (secondary N) is 2. The van der Waals surface area contributed by atoms with Crippen molar-refractivity contribution < 1.29 is 18.7 Å². The Morgan fingerprint density at radius 2 is 1.80 bits per heavy atom. The van der Waals surface area contributed by atoms with Crippen molar-refractivity contribution in [1.29, 1.82) is 0 Å². The van der Waals surface area contributed by atoms with Crippen LogP contribution in [-0.2, 0) is 17.9 Å². The van der Waals surface area contributed by atoms with Crippen LogP contribution >= 0.6 is 0 Å². The van der Waals surface area contributed by atoms with Crippen LogP contribution in [0.4, 0.5) is 0 Å². The largest absolute Gasteiger partial charge is 0.485 e. The third kappa shape index (κ3) is 5.73. The number of benzene rings is 2. The summed E-state index contributed by atoms with van der Waals surface area (Å²) in [5.41, 5.74) is 3.19. The Bertz CT molecular complexity index is 1010. The van der Waals surface area contributed by atoms with Crippen LogP contribution in [0, 0.1) is 13.8 Å². The molecule has 1 atom stereocenters. The number of carbonyl (C=O) groups is 2. The van der Waals surface area contributed by atoms with Gasteiger partial charge in [0.1, 0.15) is 24.2 Å². The zero-order chi connectivity index (χ0) is 21.5. The molecule has 2 aromatic carbocycles. The normalized spacial score (nSPS) is 11.6. The smallest absolute Gasteiger partial charge is 0.287 e. The van der Waals surface area contributed by atoms with E-state index in [0.29, 0.717) is 12.3 Å². The number of amides is 2. The molecule has 3 aromatic rings. The number of furan rings is 1. The first kappa shape index (κ1) is 21.2. The minimum atomic E-state index is -0.693. The molecule has 0 saturated heterocycles. The van der Waals surface area contributed by atoms with E-state index < -0.39 is 11.9 Å². The van der Waals surface area contributed by atoms with E-state index in [1.165, 1.54) is 5.56 Å². The number of hydrogen-bond donors (Lipinski definition) is 2. The minimum Gasteiger partial charge on any atom is -0.485 e. The summed E-state index contributed by atoms with van der Waals surface area (Å²) in [6.45, 7) is 6.25. The first-order valence-corrected chi connectivity index (χ1v) is 9.83. The van der Waals surface area contributed by atoms with E-state index in [2.05, 4.69) is 10.6 Å². The molecule has 0 aliphatic rings. The Hall–Kier alpha value is -3.54. The molecule has 2 N–H and O–H groups in total. The van der Waals surface area contributed by atoms with Crippen LogP contribution < -0.4 is 15.4 Å². The van der Waals surface area contributed by atoms with Crippen molar-refractivity contribution in [3.8, 4) is 5.75 Å². The minimum absolute atomic E-state index is 0.136. The summed E-state index contributed by atoms with van der Waals surface area (Å²) >= 11 is 0. The van der Waals surface area contributed by atoms with Gasteiger partial charge in [-0.1, -0.05) is 48.0 Å². The predicted molar refractivity (Wildman–Crippen MR) is 114 cm³/mol. The number of hydrogen-bond acceptors (Lipinski definition) is 4. The van der Waals surface area contributed by atoms with Crippen LogP contribution in [0.1, 0.15) is 39.9 Å². The highest BCUT2D eigenvalue weighted by atomic mass is 16.5. The zero-order valence-corrected chi connectivity index (χ0v) is 17.4. The van der Waals surface area contributed by atoms with Crippen LogP contribution in [0.2, 0.25) is 0 Å². The van der Waals surface area contributed by atoms with E-state index in [4.69, 9.17) is 9.15 Å². The van der Waals surface area contributed by atoms with Gasteiger partial charge in [-0.15, -0.1) is 0 Å². The quantitative estimate of drug-likeness (QED) is 0.594. The van der Waals surface area contributed by atoms with E-state index in [0.717, 1.165) is 16.9 Å². The van der Waals surface area contributed by atoms with Crippen molar-refractivity contribution in [3.63, 3.8) is 0 Å². The molecular formula is C24H26N2O4. The van der Waals surface area contributed by atoms with E-state index in [1.54, 1.807) is 19.1 Å². The van der Waals surface area contributed by atoms with E-state index in [9.17, 15) is 9.59 Å². The Kier molecular flexibility index (Phi) is 6.91. The maximum absolute atomic E-state index is 12.4. The molecule has 3 rings (SSSR count). The van der Waals surface area contributed by atoms with E-state index in [1.807, 2.05) is 62.4 Å². The van der Waals surface area contributed by atoms with Gasteiger partial charge in [0.05, 0.1) is 0 Å². The second-order valence-electron chi connectivity index (χ2n) is 7.22. The molecule has 0 saturated carbocycles. The van der Waals surface area contributed by atoms with Crippen LogP contribution in [0.25, 0.3) is 0 Å². The molecular weight excluding hydrogens is 380 g/mol. The summed E-state index contributed by atoms with van der Waals surface area (Å²) in [6.07, 6.45) is 0. The molecule has 6 heteroatoms. The highest BCUT2D eigenvalue weighted by Crippen LogP contribution is 2.20. The third-order valence-electron chi connectivity index (χ3n) is 4.64. The number of rotatable bonds is 8. The van der Waals surface area contributed by atoms with Crippen LogP contribution in [-0.4, -0.2) is 17.9 Å². The fourth-order valence-corrected chi connectivity index (χ4v) is 2.96. The molecule has 6 nitrogen and oxygen atoms in total. The standard InChI is InChI=1S/C24H26N2O4/c1-16-9-11-21(17(2)13-16)29-15-20-10-12-22(30-20)24(28)26-18(3)23(27)25-14-19-7-5-4-6-8-19/h4-13,18H,14-15H2,1-3H3,(H,25,27)(H,26,28). The summed E-state index contributed by atoms with van der Waals surface area (Å²) < 4.78 is 11.3. The highest BCUT2D eigenvalue weighted by molar-refractivity contribution is 5.95. The molecule has 1 aromatic heterocycles. The first-order chi connectivity index (χ1) is 14.4. The lowest BCUT2D eigenvalue weighted by Gasteiger charge is -2.13. The summed E-state index contributed by atoms with van der Waals surface area (Å²) in [7, 11) is 0. The van der Waals surface area contributed by atoms with Gasteiger partial charge in [0.15, 0.2) is 5.76 Å². The van der Waals surface area contributed by atoms with Gasteiger partial charge in [-0.05, 0) is 50.1 Å². The molecule has 1 heterocycles. The van der Waals surface area contributed by atoms with Crippen LogP contribution in [0.15, 0.2) is 65.1 Å². The fraction of sp³-hybridized carbons (Fsp3) is 0.250. The third-order valence-corrected chi connectivity index (χ3v) is 4.64. The Morgan fingerprint density at radius 3 is 2.53 bits per heavy atom. The van der Waals surface area contributed by atoms with Crippen molar-refractivity contribution in [1.82, 2.24) is 10.6 Å². The zero-order valence-electron chi connectivity index (χ0n) is 17.4. The van der Waals surface area contributed by atoms with Gasteiger partial charge >= 0.3 is 0 Å². The fourth-order valence-electron chi connectivity index (χ4n) is 2.96. The molecule has 0 fully saturated rings. The maximum atomic E-state index is 12.4. The van der Waals surface area contributed by atoms with Gasteiger partial charge in [0.2, 0.25) is 5.91 Å². The monoisotopic (exact) mass is 406 g/mol. The molecule has 0 radical (unpaired) electrons. The predicted octanol–water partition coefficient (Wildman–Crippen LogP) is 3.91. The number of ether oxygens (including phenoxy) is 1. The average molecular weight is 406 g/mol.